The molecule has 0 aliphatic heterocycles. The van der Waals surface area contributed by atoms with Crippen molar-refractivity contribution in [1.29, 1.82) is 0 Å². The van der Waals surface area contributed by atoms with Crippen molar-refractivity contribution in [3.05, 3.63) is 140 Å². The Kier molecular flexibility index (Phi) is 35.9. The highest BCUT2D eigenvalue weighted by Gasteiger charge is 2.46. The minimum atomic E-state index is -0.689. The minimum absolute atomic E-state index is 0.0196. The van der Waals surface area contributed by atoms with Gasteiger partial charge in [0, 0.05) is 5.92 Å². The van der Waals surface area contributed by atoms with Crippen LogP contribution in [0.1, 0.15) is 282 Å². The van der Waals surface area contributed by atoms with E-state index >= 15 is 0 Å². The van der Waals surface area contributed by atoms with Gasteiger partial charge in [0.05, 0.1) is 32.5 Å². The van der Waals surface area contributed by atoms with Crippen LogP contribution in [0.5, 0.6) is 0 Å². The van der Waals surface area contributed by atoms with Gasteiger partial charge in [-0.2, -0.15) is 0 Å². The quantitative estimate of drug-likeness (QED) is 0.0705. The fourth-order valence-corrected chi connectivity index (χ4v) is 13.7. The molecule has 0 fully saturated rings. The monoisotopic (exact) mass is 1330 g/mol. The van der Waals surface area contributed by atoms with Crippen molar-refractivity contribution in [3.63, 3.8) is 0 Å². The first-order valence-corrected chi connectivity index (χ1v) is 35.4. The molecular formula is C84H132O12. The molecule has 0 heterocycles. The lowest BCUT2D eigenvalue weighted by Gasteiger charge is -2.38. The highest BCUT2D eigenvalue weighted by molar-refractivity contribution is 5.78. The molecule has 6 rings (SSSR count). The Morgan fingerprint density at radius 3 is 1.38 bits per heavy atom. The second kappa shape index (κ2) is 39.3. The molecule has 12 heteroatoms. The first-order valence-electron chi connectivity index (χ1n) is 35.4. The van der Waals surface area contributed by atoms with E-state index in [1.54, 1.807) is 0 Å². The van der Waals surface area contributed by atoms with Crippen molar-refractivity contribution in [2.24, 2.45) is 68.0 Å². The predicted octanol–water partition coefficient (Wildman–Crippen LogP) is 22.7. The van der Waals surface area contributed by atoms with Crippen LogP contribution in [0.4, 0.5) is 0 Å². The maximum Gasteiger partial charge on any atom is 0.310 e. The summed E-state index contributed by atoms with van der Waals surface area (Å²) >= 11 is 0. The first kappa shape index (κ1) is 87.7. The fraction of sp³-hybridized carbons (Fsp3) is 0.643. The summed E-state index contributed by atoms with van der Waals surface area (Å²) in [7, 11) is 0. The zero-order valence-corrected chi connectivity index (χ0v) is 64.3. The topological polar surface area (TPSA) is 224 Å². The third-order valence-electron chi connectivity index (χ3n) is 21.4. The predicted molar refractivity (Wildman–Crippen MR) is 398 cm³/mol. The molecule has 540 valence electrons. The van der Waals surface area contributed by atoms with Gasteiger partial charge in [-0.25, -0.2) is 0 Å². The minimum Gasteiger partial charge on any atom is -0.481 e. The van der Waals surface area contributed by atoms with Gasteiger partial charge in [-0.3, -0.25) is 28.8 Å². The molecule has 0 aromatic heterocycles. The Morgan fingerprint density at radius 2 is 0.917 bits per heavy atom. The first-order chi connectivity index (χ1) is 44.1. The number of hydrogen-bond donors (Lipinski definition) is 6. The van der Waals surface area contributed by atoms with Crippen LogP contribution in [0.3, 0.4) is 0 Å². The standard InChI is InChI=1S/6C14H22O2/c1-9(2)6-12-7-10(3)11(4)14(5,8-12)13(15)16;1-9(2)6-12-7-10(3)11(4)8-14(12,5)13(15)16;1-10(2)5-6-12-9-14(4,13(15)16)8-7-11(12)3;1-10(2)7-8-12-11(3)6-5-9-14(12,4)13(15)16;1-11(2)6-4-7-12-8-5-9-14(3,10-12)13(15)16;1-11(2)5-4-6-12-7-9-14(3,10-8-12)13(15)16/h2*6-7,11-12H,8H2,1-5H3,(H,15,16);5,7,12H,6,8-9H2,1-4H3,(H,15,16);6-7,12H,5,8-9H2,1-4H3,(H,15,16);6,8H,4-5,7,9-10H2,1-3H3,(H,15,16);5,7H,4,6,8-10H2,1-3H3,(H,15,16). The van der Waals surface area contributed by atoms with Crippen molar-refractivity contribution in [1.82, 2.24) is 0 Å². The lowest BCUT2D eigenvalue weighted by atomic mass is 9.65. The van der Waals surface area contributed by atoms with E-state index in [0.29, 0.717) is 31.1 Å². The number of carbonyl (C=O) groups is 6. The van der Waals surface area contributed by atoms with Crippen molar-refractivity contribution in [2.45, 2.75) is 282 Å². The molecule has 6 aliphatic rings. The average molecular weight is 1330 g/mol. The number of rotatable bonds is 18. The van der Waals surface area contributed by atoms with Crippen LogP contribution < -0.4 is 0 Å². The lowest BCUT2D eigenvalue weighted by Crippen LogP contribution is -2.39. The number of aliphatic carboxylic acids is 6. The highest BCUT2D eigenvalue weighted by Crippen LogP contribution is 2.47. The Balaban J connectivity index is 0.000000576. The fourth-order valence-electron chi connectivity index (χ4n) is 13.7. The van der Waals surface area contributed by atoms with E-state index in [0.717, 1.165) is 96.3 Å². The van der Waals surface area contributed by atoms with Crippen molar-refractivity contribution in [3.8, 4) is 0 Å². The molecule has 96 heavy (non-hydrogen) atoms. The summed E-state index contributed by atoms with van der Waals surface area (Å²) in [6.45, 7) is 48.4. The van der Waals surface area contributed by atoms with E-state index in [1.165, 1.54) is 66.9 Å². The van der Waals surface area contributed by atoms with Crippen LogP contribution in [-0.4, -0.2) is 66.5 Å². The molecule has 6 aliphatic carbocycles. The van der Waals surface area contributed by atoms with Gasteiger partial charge in [-0.15, -0.1) is 0 Å². The second-order valence-electron chi connectivity index (χ2n) is 32.2. The average Bonchev–Trinajstić information content (AvgIpc) is 0.794. The van der Waals surface area contributed by atoms with Crippen LogP contribution in [0.2, 0.25) is 0 Å². The zero-order valence-electron chi connectivity index (χ0n) is 64.3. The molecule has 6 N–H and O–H groups in total. The van der Waals surface area contributed by atoms with Gasteiger partial charge < -0.3 is 30.6 Å². The zero-order chi connectivity index (χ0) is 74.1. The van der Waals surface area contributed by atoms with Crippen LogP contribution in [0.25, 0.3) is 0 Å². The van der Waals surface area contributed by atoms with Crippen LogP contribution in [0, 0.1) is 68.0 Å². The Labute approximate surface area is 581 Å². The molecule has 0 amide bonds. The van der Waals surface area contributed by atoms with Crippen LogP contribution in [-0.2, 0) is 28.8 Å². The SMILES string of the molecule is CC(C)=CC1C=C(C)C(C)C(C)(C(=O)O)C1.CC(C)=CC1C=C(C)C(C)CC1(C)C(=O)O.CC(C)=CCC1C(C)=CCCC1(C)C(=O)O.CC(C)=CCC1CC(C)(C(=O)O)CC=C1C.CC(C)=CCCC1=CCC(C)(C(=O)O)CC1.CC(C)=CCCC1=CCCC(C)(C(=O)O)C1. The summed E-state index contributed by atoms with van der Waals surface area (Å²) in [6, 6.07) is 0. The number of carboxylic acids is 6. The van der Waals surface area contributed by atoms with E-state index in [-0.39, 0.29) is 23.7 Å². The molecule has 0 saturated heterocycles. The van der Waals surface area contributed by atoms with Gasteiger partial charge >= 0.3 is 35.8 Å². The van der Waals surface area contributed by atoms with E-state index in [9.17, 15) is 54.3 Å². The van der Waals surface area contributed by atoms with Crippen molar-refractivity contribution >= 4 is 35.8 Å². The molecule has 12 unspecified atom stereocenters. The molecule has 12 atom stereocenters. The van der Waals surface area contributed by atoms with Gasteiger partial charge in [0.25, 0.3) is 0 Å². The highest BCUT2D eigenvalue weighted by atomic mass is 16.4. The van der Waals surface area contributed by atoms with E-state index in [4.69, 9.17) is 5.11 Å². The molecule has 12 nitrogen and oxygen atoms in total. The molecule has 0 bridgehead atoms. The lowest BCUT2D eigenvalue weighted by molar-refractivity contribution is -0.152. The van der Waals surface area contributed by atoms with Gasteiger partial charge in [-0.1, -0.05) is 154 Å². The largest absolute Gasteiger partial charge is 0.481 e. The molecular weight excluding hydrogens is 1200 g/mol. The maximum absolute atomic E-state index is 11.5. The summed E-state index contributed by atoms with van der Waals surface area (Å²) < 4.78 is 0. The summed E-state index contributed by atoms with van der Waals surface area (Å²) in [4.78, 5) is 67.7. The smallest absolute Gasteiger partial charge is 0.310 e. The third-order valence-corrected chi connectivity index (χ3v) is 21.4. The Morgan fingerprint density at radius 1 is 0.438 bits per heavy atom. The summed E-state index contributed by atoms with van der Waals surface area (Å²) in [6.07, 6.45) is 41.3. The van der Waals surface area contributed by atoms with Crippen molar-refractivity contribution in [2.75, 3.05) is 0 Å². The summed E-state index contributed by atoms with van der Waals surface area (Å²) in [5.41, 5.74) is 12.0. The molecule has 0 radical (unpaired) electrons. The Bertz CT molecular complexity index is 3040. The second-order valence-corrected chi connectivity index (χ2v) is 32.2. The molecule has 0 saturated carbocycles. The summed E-state index contributed by atoms with van der Waals surface area (Å²) in [5.74, 6) is -2.70. The van der Waals surface area contributed by atoms with Crippen LogP contribution >= 0.6 is 0 Å². The normalized spacial score (nSPS) is 29.5. The molecule has 0 aromatic carbocycles. The molecule has 0 spiro atoms. The van der Waals surface area contributed by atoms with E-state index in [1.807, 2.05) is 69.2 Å². The number of hydrogen-bond acceptors (Lipinski definition) is 6. The third kappa shape index (κ3) is 27.9. The Hall–Kier alpha value is -6.30. The number of allylic oxidation sites excluding steroid dienone is 24. The van der Waals surface area contributed by atoms with E-state index in [2.05, 4.69) is 170 Å². The summed E-state index contributed by atoms with van der Waals surface area (Å²) in [5, 5.41) is 55.7. The maximum atomic E-state index is 11.5. The van der Waals surface area contributed by atoms with Gasteiger partial charge in [0.1, 0.15) is 0 Å². The van der Waals surface area contributed by atoms with Crippen LogP contribution in [0.15, 0.2) is 140 Å². The van der Waals surface area contributed by atoms with Gasteiger partial charge in [0.15, 0.2) is 0 Å². The molecule has 0 aromatic rings. The van der Waals surface area contributed by atoms with E-state index < -0.39 is 68.3 Å². The number of carboxylic acid groups (broad SMARTS) is 6. The van der Waals surface area contributed by atoms with Crippen molar-refractivity contribution < 1.29 is 59.4 Å². The van der Waals surface area contributed by atoms with Gasteiger partial charge in [0.2, 0.25) is 0 Å². The van der Waals surface area contributed by atoms with Gasteiger partial charge in [-0.05, 0) is 297 Å².